The van der Waals surface area contributed by atoms with Crippen LogP contribution in [0.4, 0.5) is 5.69 Å². The van der Waals surface area contributed by atoms with Crippen molar-refractivity contribution in [3.8, 4) is 0 Å². The highest BCUT2D eigenvalue weighted by Crippen LogP contribution is 2.37. The summed E-state index contributed by atoms with van der Waals surface area (Å²) in [5, 5.41) is 3.54. The molecule has 2 atom stereocenters. The van der Waals surface area contributed by atoms with Gasteiger partial charge in [-0.2, -0.15) is 0 Å². The average Bonchev–Trinajstić information content (AvgIpc) is 3.14. The Morgan fingerprint density at radius 2 is 1.79 bits per heavy atom. The van der Waals surface area contributed by atoms with Crippen LogP contribution in [0.15, 0.2) is 77.7 Å². The molecule has 172 valence electrons. The third-order valence-electron chi connectivity index (χ3n) is 5.95. The Kier molecular flexibility index (Phi) is 6.77. The SMILES string of the molecule is C[C@@H](CCc1ccccc1)NC(=O)c1ccc2c(c1)C[C@H](C)N2S(=O)(=O)c1ccc(Cl)cc1. The van der Waals surface area contributed by atoms with Crippen LogP contribution < -0.4 is 9.62 Å². The molecule has 3 aromatic carbocycles. The van der Waals surface area contributed by atoms with E-state index in [-0.39, 0.29) is 22.9 Å². The van der Waals surface area contributed by atoms with Crippen molar-refractivity contribution >= 4 is 33.2 Å². The van der Waals surface area contributed by atoms with Crippen LogP contribution >= 0.6 is 11.6 Å². The Hall–Kier alpha value is -2.83. The van der Waals surface area contributed by atoms with Crippen LogP contribution in [0.3, 0.4) is 0 Å². The number of aryl methyl sites for hydroxylation is 1. The van der Waals surface area contributed by atoms with Crippen molar-refractivity contribution < 1.29 is 13.2 Å². The molecule has 0 fully saturated rings. The van der Waals surface area contributed by atoms with E-state index in [9.17, 15) is 13.2 Å². The number of halogens is 1. The lowest BCUT2D eigenvalue weighted by Gasteiger charge is -2.24. The zero-order valence-corrected chi connectivity index (χ0v) is 20.2. The number of sulfonamides is 1. The van der Waals surface area contributed by atoms with E-state index in [1.165, 1.54) is 22.0 Å². The molecule has 0 radical (unpaired) electrons. The van der Waals surface area contributed by atoms with Crippen LogP contribution in [-0.4, -0.2) is 26.4 Å². The summed E-state index contributed by atoms with van der Waals surface area (Å²) in [6, 6.07) is 21.4. The number of benzene rings is 3. The fraction of sp³-hybridized carbons (Fsp3) is 0.269. The second-order valence-electron chi connectivity index (χ2n) is 8.55. The van der Waals surface area contributed by atoms with Crippen molar-refractivity contribution in [2.75, 3.05) is 4.31 Å². The molecule has 0 spiro atoms. The molecule has 4 rings (SSSR count). The van der Waals surface area contributed by atoms with Gasteiger partial charge in [-0.1, -0.05) is 41.9 Å². The number of anilines is 1. The minimum absolute atomic E-state index is 0.0201. The van der Waals surface area contributed by atoms with Gasteiger partial charge < -0.3 is 5.32 Å². The minimum Gasteiger partial charge on any atom is -0.350 e. The number of rotatable bonds is 7. The molecule has 3 aromatic rings. The first kappa shape index (κ1) is 23.3. The Labute approximate surface area is 200 Å². The number of hydrogen-bond donors (Lipinski definition) is 1. The maximum absolute atomic E-state index is 13.3. The van der Waals surface area contributed by atoms with Crippen LogP contribution in [0, 0.1) is 0 Å². The molecule has 0 aromatic heterocycles. The van der Waals surface area contributed by atoms with Gasteiger partial charge >= 0.3 is 0 Å². The van der Waals surface area contributed by atoms with Crippen molar-refractivity contribution in [1.82, 2.24) is 5.32 Å². The molecule has 33 heavy (non-hydrogen) atoms. The molecule has 0 saturated heterocycles. The summed E-state index contributed by atoms with van der Waals surface area (Å²) in [4.78, 5) is 13.0. The van der Waals surface area contributed by atoms with Gasteiger partial charge in [0.25, 0.3) is 15.9 Å². The molecular weight excluding hydrogens is 456 g/mol. The number of carbonyl (C=O) groups excluding carboxylic acids is 1. The lowest BCUT2D eigenvalue weighted by Crippen LogP contribution is -2.35. The maximum Gasteiger partial charge on any atom is 0.264 e. The number of fused-ring (bicyclic) bond motifs is 1. The second kappa shape index (κ2) is 9.57. The summed E-state index contributed by atoms with van der Waals surface area (Å²) in [7, 11) is -3.73. The molecule has 1 heterocycles. The molecule has 0 unspecified atom stereocenters. The molecule has 1 amide bonds. The van der Waals surface area contributed by atoms with E-state index in [0.717, 1.165) is 18.4 Å². The van der Waals surface area contributed by atoms with Crippen molar-refractivity contribution in [1.29, 1.82) is 0 Å². The fourth-order valence-electron chi connectivity index (χ4n) is 4.24. The Morgan fingerprint density at radius 1 is 1.09 bits per heavy atom. The van der Waals surface area contributed by atoms with Gasteiger partial charge in [0.05, 0.1) is 10.6 Å². The highest BCUT2D eigenvalue weighted by Gasteiger charge is 2.36. The summed E-state index contributed by atoms with van der Waals surface area (Å²) in [5.41, 5.74) is 3.25. The molecule has 0 aliphatic carbocycles. The summed E-state index contributed by atoms with van der Waals surface area (Å²) >= 11 is 5.92. The van der Waals surface area contributed by atoms with Gasteiger partial charge in [-0.05, 0) is 86.7 Å². The zero-order chi connectivity index (χ0) is 23.6. The molecule has 5 nitrogen and oxygen atoms in total. The van der Waals surface area contributed by atoms with E-state index in [4.69, 9.17) is 11.6 Å². The van der Waals surface area contributed by atoms with Gasteiger partial charge in [-0.15, -0.1) is 0 Å². The van der Waals surface area contributed by atoms with Gasteiger partial charge in [0.15, 0.2) is 0 Å². The lowest BCUT2D eigenvalue weighted by atomic mass is 10.0. The average molecular weight is 483 g/mol. The zero-order valence-electron chi connectivity index (χ0n) is 18.7. The molecule has 7 heteroatoms. The van der Waals surface area contributed by atoms with E-state index in [1.54, 1.807) is 24.3 Å². The first-order chi connectivity index (χ1) is 15.8. The highest BCUT2D eigenvalue weighted by molar-refractivity contribution is 7.92. The molecule has 1 N–H and O–H groups in total. The molecule has 1 aliphatic rings. The number of nitrogens with one attached hydrogen (secondary N) is 1. The van der Waals surface area contributed by atoms with Crippen LogP contribution in [0.1, 0.15) is 41.8 Å². The molecular formula is C26H27ClN2O3S. The minimum atomic E-state index is -3.73. The second-order valence-corrected chi connectivity index (χ2v) is 10.8. The summed E-state index contributed by atoms with van der Waals surface area (Å²) in [5.74, 6) is -0.148. The number of hydrogen-bond acceptors (Lipinski definition) is 3. The summed E-state index contributed by atoms with van der Waals surface area (Å²) in [6.07, 6.45) is 2.28. The van der Waals surface area contributed by atoms with Gasteiger partial charge in [-0.25, -0.2) is 8.42 Å². The smallest absolute Gasteiger partial charge is 0.264 e. The van der Waals surface area contributed by atoms with Gasteiger partial charge in [-0.3, -0.25) is 9.10 Å². The normalized spacial score (nSPS) is 16.3. The first-order valence-corrected chi connectivity index (χ1v) is 12.9. The Bertz CT molecular complexity index is 1240. The quantitative estimate of drug-likeness (QED) is 0.501. The summed E-state index contributed by atoms with van der Waals surface area (Å²) < 4.78 is 28.0. The Balaban J connectivity index is 1.48. The number of amides is 1. The Morgan fingerprint density at radius 3 is 2.48 bits per heavy atom. The maximum atomic E-state index is 13.3. The third-order valence-corrected chi connectivity index (χ3v) is 8.15. The van der Waals surface area contributed by atoms with E-state index in [0.29, 0.717) is 22.7 Å². The predicted molar refractivity (Wildman–Crippen MR) is 132 cm³/mol. The van der Waals surface area contributed by atoms with Crippen molar-refractivity contribution in [2.45, 2.75) is 50.1 Å². The molecule has 1 aliphatic heterocycles. The lowest BCUT2D eigenvalue weighted by molar-refractivity contribution is 0.0938. The van der Waals surface area contributed by atoms with Gasteiger partial charge in [0.1, 0.15) is 0 Å². The van der Waals surface area contributed by atoms with Crippen LogP contribution in [0.25, 0.3) is 0 Å². The van der Waals surface area contributed by atoms with Crippen molar-refractivity contribution in [2.24, 2.45) is 0 Å². The largest absolute Gasteiger partial charge is 0.350 e. The standard InChI is InChI=1S/C26H27ClN2O3S/c1-18(8-9-20-6-4-3-5-7-20)28-26(30)21-10-15-25-22(17-21)16-19(2)29(25)33(31,32)24-13-11-23(27)12-14-24/h3-7,10-15,17-19H,8-9,16H2,1-2H3,(H,28,30)/t18-,19-/m0/s1. The third kappa shape index (κ3) is 5.07. The van der Waals surface area contributed by atoms with E-state index in [1.807, 2.05) is 38.1 Å². The van der Waals surface area contributed by atoms with Crippen molar-refractivity contribution in [3.05, 3.63) is 94.5 Å². The molecule has 0 saturated carbocycles. The fourth-order valence-corrected chi connectivity index (χ4v) is 6.06. The molecule has 0 bridgehead atoms. The van der Waals surface area contributed by atoms with E-state index < -0.39 is 10.0 Å². The van der Waals surface area contributed by atoms with Crippen molar-refractivity contribution in [3.63, 3.8) is 0 Å². The van der Waals surface area contributed by atoms with Gasteiger partial charge in [0.2, 0.25) is 0 Å². The topological polar surface area (TPSA) is 66.5 Å². The predicted octanol–water partition coefficient (Wildman–Crippen LogP) is 5.23. The first-order valence-electron chi connectivity index (χ1n) is 11.0. The monoisotopic (exact) mass is 482 g/mol. The van der Waals surface area contributed by atoms with Crippen LogP contribution in [0.5, 0.6) is 0 Å². The summed E-state index contributed by atoms with van der Waals surface area (Å²) in [6.45, 7) is 3.87. The van der Waals surface area contributed by atoms with E-state index >= 15 is 0 Å². The highest BCUT2D eigenvalue weighted by atomic mass is 35.5. The number of nitrogens with zero attached hydrogens (tertiary/aromatic N) is 1. The number of carbonyl (C=O) groups is 1. The van der Waals surface area contributed by atoms with Crippen LogP contribution in [-0.2, 0) is 22.9 Å². The van der Waals surface area contributed by atoms with Crippen LogP contribution in [0.2, 0.25) is 5.02 Å². The van der Waals surface area contributed by atoms with E-state index in [2.05, 4.69) is 17.4 Å². The van der Waals surface area contributed by atoms with Gasteiger partial charge in [0, 0.05) is 22.7 Å².